The smallest absolute Gasteiger partial charge is 0.106 e. The molecule has 20 heavy (non-hydrogen) atoms. The molecule has 2 unspecified atom stereocenters. The van der Waals surface area contributed by atoms with Gasteiger partial charge in [0.25, 0.3) is 0 Å². The van der Waals surface area contributed by atoms with Gasteiger partial charge < -0.3 is 10.2 Å². The van der Waals surface area contributed by atoms with Crippen LogP contribution in [0, 0.1) is 0 Å². The maximum absolute atomic E-state index is 6.38. The largest absolute Gasteiger partial charge is 0.379 e. The molecule has 2 fully saturated rings. The van der Waals surface area contributed by atoms with Crippen LogP contribution in [0.25, 0.3) is 10.2 Å². The van der Waals surface area contributed by atoms with Gasteiger partial charge in [-0.15, -0.1) is 11.3 Å². The van der Waals surface area contributed by atoms with Gasteiger partial charge in [0.2, 0.25) is 0 Å². The van der Waals surface area contributed by atoms with Crippen LogP contribution in [0.1, 0.15) is 25.7 Å². The zero-order valence-electron chi connectivity index (χ0n) is 11.3. The van der Waals surface area contributed by atoms with E-state index in [2.05, 4.69) is 21.3 Å². The Morgan fingerprint density at radius 1 is 1.30 bits per heavy atom. The van der Waals surface area contributed by atoms with Crippen LogP contribution in [0.15, 0.2) is 17.6 Å². The van der Waals surface area contributed by atoms with Crippen LogP contribution in [-0.4, -0.2) is 35.1 Å². The molecule has 0 spiro atoms. The first kappa shape index (κ1) is 12.9. The normalized spacial score (nSPS) is 26.9. The Labute approximate surface area is 127 Å². The molecule has 2 aromatic rings. The number of halogens is 1. The Morgan fingerprint density at radius 3 is 3.20 bits per heavy atom. The van der Waals surface area contributed by atoms with Crippen molar-refractivity contribution < 1.29 is 0 Å². The van der Waals surface area contributed by atoms with Crippen LogP contribution in [0.5, 0.6) is 0 Å². The van der Waals surface area contributed by atoms with E-state index in [0.29, 0.717) is 6.04 Å². The van der Waals surface area contributed by atoms with Crippen LogP contribution in [0.2, 0.25) is 5.02 Å². The van der Waals surface area contributed by atoms with Crippen molar-refractivity contribution in [2.75, 3.05) is 18.4 Å². The van der Waals surface area contributed by atoms with Gasteiger partial charge in [0.15, 0.2) is 0 Å². The number of fused-ring (bicyclic) bond motifs is 2. The van der Waals surface area contributed by atoms with Gasteiger partial charge in [0, 0.05) is 18.6 Å². The molecule has 0 radical (unpaired) electrons. The molecule has 2 saturated heterocycles. The highest BCUT2D eigenvalue weighted by atomic mass is 35.5. The molecule has 1 aromatic carbocycles. The Bertz CT molecular complexity index is 627. The quantitative estimate of drug-likeness (QED) is 0.909. The molecule has 1 N–H and O–H groups in total. The van der Waals surface area contributed by atoms with E-state index in [1.54, 1.807) is 11.3 Å². The highest BCUT2D eigenvalue weighted by Crippen LogP contribution is 2.35. The molecule has 2 aliphatic rings. The standard InChI is InChI=1S/C15H18ClN3S/c16-12-3-4-13-15(17-9-20-13)14(12)18-10-5-7-19-6-1-2-11(19)8-10/h3-4,9-11,18H,1-2,5-8H2. The second-order valence-electron chi connectivity index (χ2n) is 5.82. The number of benzene rings is 1. The van der Waals surface area contributed by atoms with Crippen LogP contribution < -0.4 is 5.32 Å². The third kappa shape index (κ3) is 2.20. The van der Waals surface area contributed by atoms with E-state index in [-0.39, 0.29) is 0 Å². The van der Waals surface area contributed by atoms with Gasteiger partial charge >= 0.3 is 0 Å². The molecule has 5 heteroatoms. The molecule has 0 amide bonds. The van der Waals surface area contributed by atoms with Crippen molar-refractivity contribution in [1.82, 2.24) is 9.88 Å². The van der Waals surface area contributed by atoms with Gasteiger partial charge in [-0.25, -0.2) is 4.98 Å². The first-order chi connectivity index (χ1) is 9.81. The number of hydrogen-bond acceptors (Lipinski definition) is 4. The highest BCUT2D eigenvalue weighted by molar-refractivity contribution is 7.16. The SMILES string of the molecule is Clc1ccc2scnc2c1NC1CCN2CCCC2C1. The molecule has 0 bridgehead atoms. The summed E-state index contributed by atoms with van der Waals surface area (Å²) >= 11 is 8.05. The summed E-state index contributed by atoms with van der Waals surface area (Å²) in [7, 11) is 0. The maximum atomic E-state index is 6.38. The summed E-state index contributed by atoms with van der Waals surface area (Å²) in [5.41, 5.74) is 3.95. The van der Waals surface area contributed by atoms with Gasteiger partial charge in [-0.3, -0.25) is 0 Å². The minimum atomic E-state index is 0.527. The van der Waals surface area contributed by atoms with Crippen molar-refractivity contribution in [3.63, 3.8) is 0 Å². The average Bonchev–Trinajstić information content (AvgIpc) is 3.09. The summed E-state index contributed by atoms with van der Waals surface area (Å²) < 4.78 is 1.20. The Hall–Kier alpha value is -0.840. The number of thiazole rings is 1. The summed E-state index contributed by atoms with van der Waals surface area (Å²) in [6.45, 7) is 2.51. The predicted octanol–water partition coefficient (Wildman–Crippen LogP) is 3.99. The fraction of sp³-hybridized carbons (Fsp3) is 0.533. The van der Waals surface area contributed by atoms with Crippen molar-refractivity contribution in [1.29, 1.82) is 0 Å². The molecular formula is C15H18ClN3S. The lowest BCUT2D eigenvalue weighted by Crippen LogP contribution is -2.42. The minimum absolute atomic E-state index is 0.527. The van der Waals surface area contributed by atoms with Crippen molar-refractivity contribution in [2.45, 2.75) is 37.8 Å². The lowest BCUT2D eigenvalue weighted by molar-refractivity contribution is 0.188. The van der Waals surface area contributed by atoms with Crippen molar-refractivity contribution >= 4 is 38.8 Å². The van der Waals surface area contributed by atoms with Gasteiger partial charge in [0.1, 0.15) is 5.52 Å². The summed E-state index contributed by atoms with van der Waals surface area (Å²) in [6, 6.07) is 5.34. The third-order valence-corrected chi connectivity index (χ3v) is 5.73. The van der Waals surface area contributed by atoms with Crippen LogP contribution in [-0.2, 0) is 0 Å². The first-order valence-electron chi connectivity index (χ1n) is 7.33. The number of nitrogens with zero attached hydrogens (tertiary/aromatic N) is 2. The fourth-order valence-electron chi connectivity index (χ4n) is 3.60. The van der Waals surface area contributed by atoms with Gasteiger partial charge in [0.05, 0.1) is 20.9 Å². The lowest BCUT2D eigenvalue weighted by atomic mass is 9.97. The van der Waals surface area contributed by atoms with Crippen LogP contribution in [0.3, 0.4) is 0 Å². The molecule has 3 heterocycles. The Morgan fingerprint density at radius 2 is 2.25 bits per heavy atom. The molecule has 1 aromatic heterocycles. The second-order valence-corrected chi connectivity index (χ2v) is 7.11. The molecular weight excluding hydrogens is 290 g/mol. The van der Waals surface area contributed by atoms with E-state index < -0.39 is 0 Å². The van der Waals surface area contributed by atoms with E-state index >= 15 is 0 Å². The topological polar surface area (TPSA) is 28.2 Å². The number of piperidine rings is 1. The van der Waals surface area contributed by atoms with Gasteiger partial charge in [-0.2, -0.15) is 0 Å². The van der Waals surface area contributed by atoms with Crippen molar-refractivity contribution in [3.8, 4) is 0 Å². The molecule has 106 valence electrons. The molecule has 0 aliphatic carbocycles. The number of hydrogen-bond donors (Lipinski definition) is 1. The Balaban J connectivity index is 1.58. The minimum Gasteiger partial charge on any atom is -0.379 e. The van der Waals surface area contributed by atoms with Crippen molar-refractivity contribution in [3.05, 3.63) is 22.7 Å². The molecule has 3 nitrogen and oxygen atoms in total. The average molecular weight is 308 g/mol. The van der Waals surface area contributed by atoms with Crippen LogP contribution >= 0.6 is 22.9 Å². The molecule has 0 saturated carbocycles. The van der Waals surface area contributed by atoms with Gasteiger partial charge in [-0.05, 0) is 44.4 Å². The lowest BCUT2D eigenvalue weighted by Gasteiger charge is -2.35. The van der Waals surface area contributed by atoms with E-state index in [0.717, 1.165) is 22.3 Å². The summed E-state index contributed by atoms with van der Waals surface area (Å²) in [4.78, 5) is 7.11. The van der Waals surface area contributed by atoms with E-state index in [9.17, 15) is 0 Å². The summed E-state index contributed by atoms with van der Waals surface area (Å²) in [6.07, 6.45) is 5.15. The monoisotopic (exact) mass is 307 g/mol. The van der Waals surface area contributed by atoms with E-state index in [1.807, 2.05) is 11.6 Å². The molecule has 4 rings (SSSR count). The number of aromatic nitrogens is 1. The number of anilines is 1. The fourth-order valence-corrected chi connectivity index (χ4v) is 4.50. The second kappa shape index (κ2) is 5.17. The van der Waals surface area contributed by atoms with E-state index in [1.165, 1.54) is 43.5 Å². The maximum Gasteiger partial charge on any atom is 0.106 e. The zero-order valence-corrected chi connectivity index (χ0v) is 12.9. The van der Waals surface area contributed by atoms with E-state index in [4.69, 9.17) is 11.6 Å². The summed E-state index contributed by atoms with van der Waals surface area (Å²) in [5.74, 6) is 0. The van der Waals surface area contributed by atoms with Crippen LogP contribution in [0.4, 0.5) is 5.69 Å². The summed E-state index contributed by atoms with van der Waals surface area (Å²) in [5, 5.41) is 4.47. The van der Waals surface area contributed by atoms with Crippen molar-refractivity contribution in [2.24, 2.45) is 0 Å². The van der Waals surface area contributed by atoms with Gasteiger partial charge in [-0.1, -0.05) is 11.6 Å². The third-order valence-electron chi connectivity index (χ3n) is 4.62. The molecule has 2 aliphatic heterocycles. The predicted molar refractivity (Wildman–Crippen MR) is 85.9 cm³/mol. The first-order valence-corrected chi connectivity index (χ1v) is 8.59. The molecule has 2 atom stereocenters. The number of nitrogens with one attached hydrogen (secondary N) is 1. The number of rotatable bonds is 2. The Kier molecular flexibility index (Phi) is 3.33. The highest BCUT2D eigenvalue weighted by Gasteiger charge is 2.32. The zero-order chi connectivity index (χ0) is 13.5.